The molecule has 0 radical (unpaired) electrons. The molecule has 0 saturated heterocycles. The van der Waals surface area contributed by atoms with E-state index in [-0.39, 0.29) is 11.5 Å². The third-order valence-corrected chi connectivity index (χ3v) is 5.89. The number of benzene rings is 1. The number of esters is 1. The van der Waals surface area contributed by atoms with E-state index >= 15 is 0 Å². The van der Waals surface area contributed by atoms with Crippen LogP contribution in [0.25, 0.3) is 6.08 Å². The van der Waals surface area contributed by atoms with Crippen LogP contribution in [-0.2, 0) is 19.6 Å². The van der Waals surface area contributed by atoms with Gasteiger partial charge in [0.25, 0.3) is 10.0 Å². The van der Waals surface area contributed by atoms with Crippen LogP contribution in [0.3, 0.4) is 0 Å². The van der Waals surface area contributed by atoms with Crippen molar-refractivity contribution >= 4 is 39.1 Å². The van der Waals surface area contributed by atoms with Gasteiger partial charge in [-0.1, -0.05) is 12.2 Å². The Balaban J connectivity index is 2.08. The average molecular weight is 405 g/mol. The molecule has 0 atom stereocenters. The van der Waals surface area contributed by atoms with Gasteiger partial charge in [-0.2, -0.15) is 0 Å². The van der Waals surface area contributed by atoms with Crippen molar-refractivity contribution in [2.24, 2.45) is 0 Å². The van der Waals surface area contributed by atoms with Crippen molar-refractivity contribution in [3.05, 3.63) is 40.8 Å². The Hall–Kier alpha value is -2.94. The molecule has 0 saturated carbocycles. The minimum absolute atomic E-state index is 0.248. The highest BCUT2D eigenvalue weighted by Gasteiger charge is 2.27. The summed E-state index contributed by atoms with van der Waals surface area (Å²) >= 11 is 0. The first kappa shape index (κ1) is 19.8. The number of hydrogen-bond acceptors (Lipinski definition) is 7. The van der Waals surface area contributed by atoms with E-state index in [2.05, 4.69) is 10.0 Å². The highest BCUT2D eigenvalue weighted by molar-refractivity contribution is 7.96. The zero-order valence-electron chi connectivity index (χ0n) is 16.0. The molecule has 0 aromatic heterocycles. The molecule has 28 heavy (non-hydrogen) atoms. The summed E-state index contributed by atoms with van der Waals surface area (Å²) < 4.78 is 38.7. The number of nitrogens with zero attached hydrogens (tertiary/aromatic N) is 1. The Morgan fingerprint density at radius 2 is 2.21 bits per heavy atom. The van der Waals surface area contributed by atoms with Crippen molar-refractivity contribution in [1.82, 2.24) is 0 Å². The van der Waals surface area contributed by atoms with E-state index < -0.39 is 16.0 Å². The van der Waals surface area contributed by atoms with E-state index in [4.69, 9.17) is 9.47 Å². The normalized spacial score (nSPS) is 15.4. The van der Waals surface area contributed by atoms with Crippen LogP contribution in [0.15, 0.2) is 35.3 Å². The van der Waals surface area contributed by atoms with Gasteiger partial charge in [0.05, 0.1) is 36.7 Å². The van der Waals surface area contributed by atoms with Crippen molar-refractivity contribution in [1.29, 1.82) is 0 Å². The van der Waals surface area contributed by atoms with E-state index in [1.807, 2.05) is 11.9 Å². The molecule has 0 unspecified atom stereocenters. The van der Waals surface area contributed by atoms with Gasteiger partial charge in [-0.25, -0.2) is 13.2 Å². The molecule has 2 N–H and O–H groups in total. The van der Waals surface area contributed by atoms with Gasteiger partial charge in [-0.05, 0) is 25.1 Å². The molecular weight excluding hydrogens is 382 g/mol. The number of anilines is 3. The van der Waals surface area contributed by atoms with Gasteiger partial charge in [0.1, 0.15) is 5.69 Å². The molecule has 3 rings (SSSR count). The third-order valence-electron chi connectivity index (χ3n) is 4.41. The number of hydrogen-bond donors (Lipinski definition) is 2. The molecule has 0 bridgehead atoms. The number of rotatable bonds is 7. The third kappa shape index (κ3) is 3.84. The zero-order chi connectivity index (χ0) is 20.3. The van der Waals surface area contributed by atoms with Crippen molar-refractivity contribution < 1.29 is 22.7 Å². The molecule has 1 heterocycles. The second-order valence-electron chi connectivity index (χ2n) is 6.25. The first-order valence-electron chi connectivity index (χ1n) is 8.80. The molecule has 1 aromatic rings. The number of sulfonamides is 1. The number of fused-ring (bicyclic) bond motifs is 1. The lowest BCUT2D eigenvalue weighted by Gasteiger charge is -2.19. The summed E-state index contributed by atoms with van der Waals surface area (Å²) in [6.45, 7) is 2.51. The topological polar surface area (TPSA) is 97.0 Å². The second-order valence-corrected chi connectivity index (χ2v) is 7.99. The summed E-state index contributed by atoms with van der Waals surface area (Å²) in [6, 6.07) is 1.73. The lowest BCUT2D eigenvalue weighted by Crippen LogP contribution is -2.17. The number of ether oxygens (including phenoxy) is 2. The van der Waals surface area contributed by atoms with Crippen molar-refractivity contribution in [3.8, 4) is 5.75 Å². The van der Waals surface area contributed by atoms with Gasteiger partial charge < -0.3 is 19.7 Å². The van der Waals surface area contributed by atoms with Crippen LogP contribution in [0.4, 0.5) is 17.1 Å². The van der Waals surface area contributed by atoms with Gasteiger partial charge in [-0.3, -0.25) is 4.72 Å². The molecule has 0 amide bonds. The zero-order valence-corrected chi connectivity index (χ0v) is 16.8. The SMILES string of the molecule is CCOC(=O)/C=C/c1c(NS(=O)(=O)C2=CC=CC2)cc2c(c1OC)NCN2C. The number of allylic oxidation sites excluding steroid dienone is 4. The quantitative estimate of drug-likeness (QED) is 0.532. The van der Waals surface area contributed by atoms with Gasteiger partial charge >= 0.3 is 5.97 Å². The summed E-state index contributed by atoms with van der Waals surface area (Å²) in [7, 11) is -0.358. The molecule has 0 fully saturated rings. The molecule has 9 heteroatoms. The van der Waals surface area contributed by atoms with E-state index in [9.17, 15) is 13.2 Å². The highest BCUT2D eigenvalue weighted by Crippen LogP contribution is 2.46. The summed E-state index contributed by atoms with van der Waals surface area (Å²) in [5, 5.41) is 3.22. The van der Waals surface area contributed by atoms with Crippen molar-refractivity contribution in [2.75, 3.05) is 42.4 Å². The Kier molecular flexibility index (Phi) is 5.64. The Morgan fingerprint density at radius 1 is 1.43 bits per heavy atom. The van der Waals surface area contributed by atoms with Gasteiger partial charge in [-0.15, -0.1) is 0 Å². The van der Waals surface area contributed by atoms with Crippen LogP contribution in [0.5, 0.6) is 5.75 Å². The van der Waals surface area contributed by atoms with Crippen LogP contribution >= 0.6 is 0 Å². The first-order chi connectivity index (χ1) is 13.4. The number of nitrogens with one attached hydrogen (secondary N) is 2. The maximum atomic E-state index is 12.8. The summed E-state index contributed by atoms with van der Waals surface area (Å²) in [6.07, 6.45) is 8.13. The molecule has 8 nitrogen and oxygen atoms in total. The van der Waals surface area contributed by atoms with Crippen LogP contribution in [0.2, 0.25) is 0 Å². The minimum atomic E-state index is -3.74. The van der Waals surface area contributed by atoms with Crippen molar-refractivity contribution in [2.45, 2.75) is 13.3 Å². The first-order valence-corrected chi connectivity index (χ1v) is 10.3. The molecule has 1 aliphatic heterocycles. The fourth-order valence-electron chi connectivity index (χ4n) is 3.06. The van der Waals surface area contributed by atoms with E-state index in [0.717, 1.165) is 11.4 Å². The van der Waals surface area contributed by atoms with E-state index in [0.29, 0.717) is 30.1 Å². The maximum absolute atomic E-state index is 12.8. The van der Waals surface area contributed by atoms with Gasteiger partial charge in [0.2, 0.25) is 0 Å². The van der Waals surface area contributed by atoms with Crippen LogP contribution in [0, 0.1) is 0 Å². The van der Waals surface area contributed by atoms with E-state index in [1.165, 1.54) is 19.3 Å². The number of carbonyl (C=O) groups excluding carboxylic acids is 1. The molecule has 2 aliphatic rings. The second kappa shape index (κ2) is 7.97. The largest absolute Gasteiger partial charge is 0.494 e. The molecule has 1 aliphatic carbocycles. The van der Waals surface area contributed by atoms with Crippen molar-refractivity contribution in [3.63, 3.8) is 0 Å². The monoisotopic (exact) mass is 405 g/mol. The fourth-order valence-corrected chi connectivity index (χ4v) is 4.22. The van der Waals surface area contributed by atoms with E-state index in [1.54, 1.807) is 31.2 Å². The molecular formula is C19H23N3O5S. The molecule has 0 spiro atoms. The van der Waals surface area contributed by atoms with Gasteiger partial charge in [0.15, 0.2) is 5.75 Å². The summed E-state index contributed by atoms with van der Waals surface area (Å²) in [4.78, 5) is 14.0. The number of methoxy groups -OCH3 is 1. The lowest BCUT2D eigenvalue weighted by atomic mass is 10.1. The Bertz CT molecular complexity index is 980. The summed E-state index contributed by atoms with van der Waals surface area (Å²) in [5.74, 6) is -0.0785. The minimum Gasteiger partial charge on any atom is -0.494 e. The van der Waals surface area contributed by atoms with Crippen LogP contribution < -0.4 is 19.7 Å². The summed E-state index contributed by atoms with van der Waals surface area (Å²) in [5.41, 5.74) is 2.28. The Labute approximate surface area is 164 Å². The van der Waals surface area contributed by atoms with Crippen LogP contribution in [0.1, 0.15) is 18.9 Å². The fraction of sp³-hybridized carbons (Fsp3) is 0.316. The smallest absolute Gasteiger partial charge is 0.330 e. The highest BCUT2D eigenvalue weighted by atomic mass is 32.2. The predicted octanol–water partition coefficient (Wildman–Crippen LogP) is 2.68. The standard InChI is InChI=1S/C19H23N3O5S/c1-4-27-17(23)10-9-14-15(21-28(24,25)13-7-5-6-8-13)11-16-18(19(14)26-3)20-12-22(16)2/h5-7,9-11,20-21H,4,8,12H2,1-3H3/b10-9+. The average Bonchev–Trinajstić information content (AvgIpc) is 3.31. The Morgan fingerprint density at radius 3 is 2.86 bits per heavy atom. The maximum Gasteiger partial charge on any atom is 0.330 e. The predicted molar refractivity (Wildman–Crippen MR) is 110 cm³/mol. The molecule has 1 aromatic carbocycles. The number of carbonyl (C=O) groups is 1. The molecule has 150 valence electrons. The van der Waals surface area contributed by atoms with Crippen LogP contribution in [-0.4, -0.2) is 41.8 Å². The lowest BCUT2D eigenvalue weighted by molar-refractivity contribution is -0.137. The van der Waals surface area contributed by atoms with Gasteiger partial charge in [0, 0.05) is 25.1 Å².